The number of carboxylic acids is 1. The van der Waals surface area contributed by atoms with Crippen LogP contribution < -0.4 is 10.5 Å². The highest BCUT2D eigenvalue weighted by atomic mass is 16.5. The zero-order chi connectivity index (χ0) is 12.8. The minimum absolute atomic E-state index is 0.0667. The fraction of sp³-hybridized carbons (Fsp3) is 0.500. The number of anilines is 1. The van der Waals surface area contributed by atoms with E-state index >= 15 is 0 Å². The highest BCUT2D eigenvalue weighted by Gasteiger charge is 2.08. The molecule has 0 aliphatic rings. The third-order valence-electron chi connectivity index (χ3n) is 2.29. The van der Waals surface area contributed by atoms with Crippen LogP contribution >= 0.6 is 0 Å². The lowest BCUT2D eigenvalue weighted by atomic mass is 10.1. The third kappa shape index (κ3) is 4.30. The molecule has 3 N–H and O–H groups in total. The van der Waals surface area contributed by atoms with Crippen LogP contribution in [0.15, 0.2) is 12.3 Å². The summed E-state index contributed by atoms with van der Waals surface area (Å²) < 4.78 is 5.39. The second kappa shape index (κ2) is 6.08. The number of hydrogen-bond donors (Lipinski definition) is 2. The van der Waals surface area contributed by atoms with Gasteiger partial charge in [0, 0.05) is 6.20 Å². The smallest absolute Gasteiger partial charge is 0.337 e. The van der Waals surface area contributed by atoms with Gasteiger partial charge in [0.15, 0.2) is 0 Å². The van der Waals surface area contributed by atoms with E-state index in [4.69, 9.17) is 15.6 Å². The predicted molar refractivity (Wildman–Crippen MR) is 65.2 cm³/mol. The van der Waals surface area contributed by atoms with E-state index in [1.54, 1.807) is 0 Å². The molecule has 0 fully saturated rings. The summed E-state index contributed by atoms with van der Waals surface area (Å²) in [5.41, 5.74) is 5.98. The number of pyridine rings is 1. The maximum Gasteiger partial charge on any atom is 0.337 e. The first kappa shape index (κ1) is 13.3. The molecule has 0 bridgehead atoms. The van der Waals surface area contributed by atoms with E-state index in [2.05, 4.69) is 18.8 Å². The second-order valence-electron chi connectivity index (χ2n) is 4.31. The van der Waals surface area contributed by atoms with Crippen LogP contribution in [0.3, 0.4) is 0 Å². The molecule has 94 valence electrons. The molecular formula is C12H18N2O3. The SMILES string of the molecule is CC(C)CCCOc1ncc(C(=O)O)cc1N. The normalized spacial score (nSPS) is 10.5. The topological polar surface area (TPSA) is 85.4 Å². The Hall–Kier alpha value is -1.78. The molecule has 0 saturated heterocycles. The Labute approximate surface area is 101 Å². The van der Waals surface area contributed by atoms with Crippen LogP contribution in [-0.2, 0) is 0 Å². The molecule has 1 rings (SSSR count). The maximum atomic E-state index is 10.7. The van der Waals surface area contributed by atoms with E-state index in [9.17, 15) is 4.79 Å². The van der Waals surface area contributed by atoms with Gasteiger partial charge in [0.2, 0.25) is 5.88 Å². The standard InChI is InChI=1S/C12H18N2O3/c1-8(2)4-3-5-17-11-10(13)6-9(7-14-11)12(15)16/h6-8H,3-5,13H2,1-2H3,(H,15,16). The lowest BCUT2D eigenvalue weighted by Gasteiger charge is -2.09. The Morgan fingerprint density at radius 1 is 1.59 bits per heavy atom. The van der Waals surface area contributed by atoms with E-state index in [-0.39, 0.29) is 11.3 Å². The Morgan fingerprint density at radius 2 is 2.29 bits per heavy atom. The number of nitrogens with two attached hydrogens (primary N) is 1. The molecule has 0 aromatic carbocycles. The summed E-state index contributed by atoms with van der Waals surface area (Å²) in [7, 11) is 0. The average molecular weight is 238 g/mol. The van der Waals surface area contributed by atoms with Gasteiger partial charge in [-0.3, -0.25) is 0 Å². The lowest BCUT2D eigenvalue weighted by Crippen LogP contribution is -2.06. The summed E-state index contributed by atoms with van der Waals surface area (Å²) >= 11 is 0. The molecule has 1 heterocycles. The van der Waals surface area contributed by atoms with Crippen LogP contribution in [0.4, 0.5) is 5.69 Å². The molecule has 0 aliphatic carbocycles. The van der Waals surface area contributed by atoms with Gasteiger partial charge in [-0.1, -0.05) is 13.8 Å². The van der Waals surface area contributed by atoms with Crippen molar-refractivity contribution in [1.82, 2.24) is 4.98 Å². The van der Waals surface area contributed by atoms with Crippen LogP contribution in [0.25, 0.3) is 0 Å². The number of rotatable bonds is 6. The molecule has 5 heteroatoms. The zero-order valence-corrected chi connectivity index (χ0v) is 10.1. The fourth-order valence-electron chi connectivity index (χ4n) is 1.37. The van der Waals surface area contributed by atoms with Gasteiger partial charge in [0.25, 0.3) is 0 Å². The third-order valence-corrected chi connectivity index (χ3v) is 2.29. The van der Waals surface area contributed by atoms with Gasteiger partial charge in [0.1, 0.15) is 0 Å². The minimum atomic E-state index is -1.05. The number of nitrogen functional groups attached to an aromatic ring is 1. The Kier molecular flexibility index (Phi) is 4.75. The summed E-state index contributed by atoms with van der Waals surface area (Å²) in [5.74, 6) is -0.104. The number of aromatic nitrogens is 1. The van der Waals surface area contributed by atoms with Gasteiger partial charge in [-0.15, -0.1) is 0 Å². The van der Waals surface area contributed by atoms with Crippen LogP contribution in [0.2, 0.25) is 0 Å². The van der Waals surface area contributed by atoms with Crippen molar-refractivity contribution in [2.45, 2.75) is 26.7 Å². The highest BCUT2D eigenvalue weighted by Crippen LogP contribution is 2.19. The van der Waals surface area contributed by atoms with Gasteiger partial charge in [-0.25, -0.2) is 9.78 Å². The monoisotopic (exact) mass is 238 g/mol. The van der Waals surface area contributed by atoms with Crippen LogP contribution in [0.5, 0.6) is 5.88 Å². The van der Waals surface area contributed by atoms with Gasteiger partial charge < -0.3 is 15.6 Å². The van der Waals surface area contributed by atoms with Gasteiger partial charge in [0.05, 0.1) is 17.9 Å². The molecule has 0 atom stereocenters. The number of aromatic carboxylic acids is 1. The van der Waals surface area contributed by atoms with Crippen molar-refractivity contribution in [3.8, 4) is 5.88 Å². The van der Waals surface area contributed by atoms with E-state index in [0.29, 0.717) is 18.4 Å². The van der Waals surface area contributed by atoms with Crippen molar-refractivity contribution in [2.24, 2.45) is 5.92 Å². The number of ether oxygens (including phenoxy) is 1. The van der Waals surface area contributed by atoms with Crippen LogP contribution in [-0.4, -0.2) is 22.7 Å². The summed E-state index contributed by atoms with van der Waals surface area (Å²) in [5, 5.41) is 8.74. The molecule has 0 spiro atoms. The van der Waals surface area contributed by atoms with Crippen molar-refractivity contribution in [2.75, 3.05) is 12.3 Å². The van der Waals surface area contributed by atoms with E-state index in [1.165, 1.54) is 12.3 Å². The van der Waals surface area contributed by atoms with Crippen molar-refractivity contribution in [3.05, 3.63) is 17.8 Å². The van der Waals surface area contributed by atoms with E-state index in [0.717, 1.165) is 12.8 Å². The Morgan fingerprint density at radius 3 is 2.82 bits per heavy atom. The van der Waals surface area contributed by atoms with Gasteiger partial charge in [-0.2, -0.15) is 0 Å². The van der Waals surface area contributed by atoms with Crippen LogP contribution in [0.1, 0.15) is 37.0 Å². The average Bonchev–Trinajstić information content (AvgIpc) is 2.25. The Bertz CT molecular complexity index is 391. The van der Waals surface area contributed by atoms with Crippen LogP contribution in [0, 0.1) is 5.92 Å². The minimum Gasteiger partial charge on any atom is -0.478 e. The molecule has 0 amide bonds. The van der Waals surface area contributed by atoms with Crippen molar-refractivity contribution >= 4 is 11.7 Å². The molecule has 0 radical (unpaired) electrons. The van der Waals surface area contributed by atoms with Crippen molar-refractivity contribution in [3.63, 3.8) is 0 Å². The number of nitrogens with zero attached hydrogens (tertiary/aromatic N) is 1. The molecule has 5 nitrogen and oxygen atoms in total. The Balaban J connectivity index is 2.52. The van der Waals surface area contributed by atoms with Gasteiger partial charge in [-0.05, 0) is 24.8 Å². The van der Waals surface area contributed by atoms with Crippen molar-refractivity contribution in [1.29, 1.82) is 0 Å². The first-order valence-electron chi connectivity index (χ1n) is 5.62. The molecule has 0 unspecified atom stereocenters. The predicted octanol–water partition coefficient (Wildman–Crippen LogP) is 2.18. The molecule has 0 aliphatic heterocycles. The first-order chi connectivity index (χ1) is 8.00. The van der Waals surface area contributed by atoms with Gasteiger partial charge >= 0.3 is 5.97 Å². The first-order valence-corrected chi connectivity index (χ1v) is 5.62. The summed E-state index contributed by atoms with van der Waals surface area (Å²) in [6, 6.07) is 1.35. The lowest BCUT2D eigenvalue weighted by molar-refractivity contribution is 0.0696. The number of hydrogen-bond acceptors (Lipinski definition) is 4. The number of carboxylic acid groups (broad SMARTS) is 1. The quantitative estimate of drug-likeness (QED) is 0.742. The fourth-order valence-corrected chi connectivity index (χ4v) is 1.37. The summed E-state index contributed by atoms with van der Waals surface area (Å²) in [4.78, 5) is 14.6. The largest absolute Gasteiger partial charge is 0.478 e. The van der Waals surface area contributed by atoms with E-state index in [1.807, 2.05) is 0 Å². The summed E-state index contributed by atoms with van der Waals surface area (Å²) in [6.07, 6.45) is 3.25. The highest BCUT2D eigenvalue weighted by molar-refractivity contribution is 5.88. The molecule has 1 aromatic rings. The molecule has 0 saturated carbocycles. The maximum absolute atomic E-state index is 10.7. The molecular weight excluding hydrogens is 220 g/mol. The van der Waals surface area contributed by atoms with E-state index < -0.39 is 5.97 Å². The zero-order valence-electron chi connectivity index (χ0n) is 10.1. The molecule has 1 aromatic heterocycles. The second-order valence-corrected chi connectivity index (χ2v) is 4.31. The number of carbonyl (C=O) groups is 1. The van der Waals surface area contributed by atoms with Crippen molar-refractivity contribution < 1.29 is 14.6 Å². The molecule has 17 heavy (non-hydrogen) atoms. The summed E-state index contributed by atoms with van der Waals surface area (Å²) in [6.45, 7) is 4.84.